The van der Waals surface area contributed by atoms with Crippen LogP contribution >= 0.6 is 0 Å². The van der Waals surface area contributed by atoms with Gasteiger partial charge in [0.25, 0.3) is 0 Å². The van der Waals surface area contributed by atoms with Gasteiger partial charge in [-0.15, -0.1) is 0 Å². The van der Waals surface area contributed by atoms with Gasteiger partial charge in [0, 0.05) is 77.5 Å². The van der Waals surface area contributed by atoms with Gasteiger partial charge in [-0.2, -0.15) is 0 Å². The van der Waals surface area contributed by atoms with E-state index in [-0.39, 0.29) is 5.54 Å². The molecule has 0 saturated carbocycles. The summed E-state index contributed by atoms with van der Waals surface area (Å²) >= 11 is 0. The van der Waals surface area contributed by atoms with Crippen LogP contribution in [0.2, 0.25) is 0 Å². The van der Waals surface area contributed by atoms with Crippen LogP contribution in [0.1, 0.15) is 44.5 Å². The van der Waals surface area contributed by atoms with E-state index in [2.05, 4.69) is 151 Å². The van der Waals surface area contributed by atoms with E-state index >= 15 is 0 Å². The number of hydrogen-bond donors (Lipinski definition) is 5. The maximum Gasteiger partial charge on any atom is 0.0421 e. The normalized spacial score (nSPS) is 11.8. The molecule has 6 N–H and O–H groups in total. The van der Waals surface area contributed by atoms with Crippen molar-refractivity contribution < 1.29 is 0 Å². The molecule has 0 aliphatic rings. The first-order chi connectivity index (χ1) is 23.3. The predicted octanol–water partition coefficient (Wildman–Crippen LogP) is 5.46. The Morgan fingerprint density at radius 2 is 0.750 bits per heavy atom. The minimum atomic E-state index is -0.182. The van der Waals surface area contributed by atoms with E-state index in [1.54, 1.807) is 0 Å². The van der Waals surface area contributed by atoms with Crippen molar-refractivity contribution >= 4 is 0 Å². The average molecular weight is 649 g/mol. The lowest BCUT2D eigenvalue weighted by atomic mass is 9.81. The Morgan fingerprint density at radius 1 is 0.438 bits per heavy atom. The Labute approximate surface area is 290 Å². The first-order valence-electron chi connectivity index (χ1n) is 17.9. The van der Waals surface area contributed by atoms with Crippen molar-refractivity contribution in [3.05, 3.63) is 142 Å². The number of hydrogen-bond acceptors (Lipinski definition) is 6. The van der Waals surface area contributed by atoms with E-state index in [4.69, 9.17) is 5.73 Å². The van der Waals surface area contributed by atoms with E-state index < -0.39 is 0 Å². The highest BCUT2D eigenvalue weighted by atomic mass is 15.2. The van der Waals surface area contributed by atoms with Crippen LogP contribution < -0.4 is 27.0 Å². The molecule has 4 aromatic rings. The molecule has 0 unspecified atom stereocenters. The van der Waals surface area contributed by atoms with Crippen LogP contribution in [0, 0.1) is 27.7 Å². The van der Waals surface area contributed by atoms with Crippen molar-refractivity contribution in [2.24, 2.45) is 5.73 Å². The molecule has 4 aromatic carbocycles. The molecule has 6 nitrogen and oxygen atoms in total. The molecule has 0 aliphatic heterocycles. The second kappa shape index (κ2) is 20.2. The summed E-state index contributed by atoms with van der Waals surface area (Å²) in [5.74, 6) is 0. The number of aryl methyl sites for hydroxylation is 4. The highest BCUT2D eigenvalue weighted by Crippen LogP contribution is 2.30. The largest absolute Gasteiger partial charge is 0.329 e. The first kappa shape index (κ1) is 37.5. The summed E-state index contributed by atoms with van der Waals surface area (Å²) in [5.41, 5.74) is 16.0. The molecule has 6 heteroatoms. The third kappa shape index (κ3) is 12.9. The quantitative estimate of drug-likeness (QED) is 0.0729. The smallest absolute Gasteiger partial charge is 0.0421 e. The van der Waals surface area contributed by atoms with Gasteiger partial charge in [-0.3, -0.25) is 4.90 Å². The van der Waals surface area contributed by atoms with E-state index in [0.717, 1.165) is 78.3 Å². The third-order valence-corrected chi connectivity index (χ3v) is 9.18. The summed E-state index contributed by atoms with van der Waals surface area (Å²) < 4.78 is 0. The standard InChI is InChI=1S/C42H60N6/c1-34-5-13-38(14-6-34)29-42(30-39-15-7-35(2)8-16-39,33-47-28-27-46-26-25-45-24-23-44-22-21-43)48(31-40-17-9-36(3)10-18-40)32-41-19-11-37(4)12-20-41/h5-20,44-47H,21-33,43H2,1-4H3. The molecule has 0 spiro atoms. The van der Waals surface area contributed by atoms with Crippen molar-refractivity contribution in [2.75, 3.05) is 58.9 Å². The van der Waals surface area contributed by atoms with Gasteiger partial charge >= 0.3 is 0 Å². The molecule has 0 bridgehead atoms. The Hall–Kier alpha value is -3.36. The van der Waals surface area contributed by atoms with E-state index in [1.165, 1.54) is 44.5 Å². The maximum absolute atomic E-state index is 5.56. The summed E-state index contributed by atoms with van der Waals surface area (Å²) in [7, 11) is 0. The lowest BCUT2D eigenvalue weighted by Gasteiger charge is -2.45. The molecule has 0 aliphatic carbocycles. The van der Waals surface area contributed by atoms with Gasteiger partial charge in [-0.25, -0.2) is 0 Å². The Bertz CT molecular complexity index is 1340. The molecule has 0 radical (unpaired) electrons. The zero-order valence-electron chi connectivity index (χ0n) is 30.0. The topological polar surface area (TPSA) is 77.4 Å². The SMILES string of the molecule is Cc1ccc(CN(Cc2ccc(C)cc2)C(CNCCNCCNCCNCCN)(Cc2ccc(C)cc2)Cc2ccc(C)cc2)cc1. The monoisotopic (exact) mass is 648 g/mol. The second-order valence-electron chi connectivity index (χ2n) is 13.6. The summed E-state index contributed by atoms with van der Waals surface area (Å²) in [5, 5.41) is 14.4. The average Bonchev–Trinajstić information content (AvgIpc) is 3.09. The Balaban J connectivity index is 1.59. The van der Waals surface area contributed by atoms with Crippen LogP contribution in [-0.2, 0) is 25.9 Å². The van der Waals surface area contributed by atoms with Gasteiger partial charge in [0.1, 0.15) is 0 Å². The molecular weight excluding hydrogens is 589 g/mol. The first-order valence-corrected chi connectivity index (χ1v) is 17.9. The summed E-state index contributed by atoms with van der Waals surface area (Å²) in [6, 6.07) is 36.6. The fourth-order valence-electron chi connectivity index (χ4n) is 6.24. The van der Waals surface area contributed by atoms with Crippen LogP contribution in [-0.4, -0.2) is 69.3 Å². The number of nitrogens with two attached hydrogens (primary N) is 1. The van der Waals surface area contributed by atoms with Crippen molar-refractivity contribution in [1.29, 1.82) is 0 Å². The van der Waals surface area contributed by atoms with Gasteiger partial charge < -0.3 is 27.0 Å². The lowest BCUT2D eigenvalue weighted by molar-refractivity contribution is 0.0677. The molecular formula is C42H60N6. The van der Waals surface area contributed by atoms with Crippen LogP contribution in [0.3, 0.4) is 0 Å². The predicted molar refractivity (Wildman–Crippen MR) is 205 cm³/mol. The summed E-state index contributed by atoms with van der Waals surface area (Å²) in [6.45, 7) is 18.5. The lowest BCUT2D eigenvalue weighted by Crippen LogP contribution is -2.57. The van der Waals surface area contributed by atoms with E-state index in [1.807, 2.05) is 0 Å². The number of nitrogens with one attached hydrogen (secondary N) is 4. The molecule has 48 heavy (non-hydrogen) atoms. The minimum absolute atomic E-state index is 0.182. The molecule has 4 rings (SSSR count). The van der Waals surface area contributed by atoms with E-state index in [9.17, 15) is 0 Å². The van der Waals surface area contributed by atoms with Crippen molar-refractivity contribution in [1.82, 2.24) is 26.2 Å². The zero-order valence-corrected chi connectivity index (χ0v) is 30.0. The second-order valence-corrected chi connectivity index (χ2v) is 13.6. The third-order valence-electron chi connectivity index (χ3n) is 9.18. The molecule has 0 saturated heterocycles. The highest BCUT2D eigenvalue weighted by molar-refractivity contribution is 5.30. The van der Waals surface area contributed by atoms with Crippen LogP contribution in [0.4, 0.5) is 0 Å². The molecule has 0 aromatic heterocycles. The van der Waals surface area contributed by atoms with Gasteiger partial charge in [0.05, 0.1) is 0 Å². The fourth-order valence-corrected chi connectivity index (χ4v) is 6.24. The Morgan fingerprint density at radius 3 is 1.10 bits per heavy atom. The number of nitrogens with zero attached hydrogens (tertiary/aromatic N) is 1. The zero-order chi connectivity index (χ0) is 34.0. The number of benzene rings is 4. The van der Waals surface area contributed by atoms with Crippen LogP contribution in [0.5, 0.6) is 0 Å². The fraction of sp³-hybridized carbons (Fsp3) is 0.429. The van der Waals surface area contributed by atoms with Gasteiger partial charge in [-0.05, 0) is 62.8 Å². The summed E-state index contributed by atoms with van der Waals surface area (Å²) in [6.07, 6.45) is 1.89. The molecule has 0 heterocycles. The van der Waals surface area contributed by atoms with Gasteiger partial charge in [-0.1, -0.05) is 119 Å². The number of rotatable bonds is 22. The van der Waals surface area contributed by atoms with Crippen molar-refractivity contribution in [3.63, 3.8) is 0 Å². The molecule has 0 amide bonds. The van der Waals surface area contributed by atoms with Crippen LogP contribution in [0.15, 0.2) is 97.1 Å². The minimum Gasteiger partial charge on any atom is -0.329 e. The Kier molecular flexibility index (Phi) is 15.8. The molecule has 258 valence electrons. The van der Waals surface area contributed by atoms with Crippen molar-refractivity contribution in [3.8, 4) is 0 Å². The van der Waals surface area contributed by atoms with Crippen LogP contribution in [0.25, 0.3) is 0 Å². The molecule has 0 atom stereocenters. The summed E-state index contributed by atoms with van der Waals surface area (Å²) in [4.78, 5) is 2.76. The van der Waals surface area contributed by atoms with Crippen molar-refractivity contribution in [2.45, 2.75) is 59.2 Å². The van der Waals surface area contributed by atoms with E-state index in [0.29, 0.717) is 6.54 Å². The van der Waals surface area contributed by atoms with Gasteiger partial charge in [0.2, 0.25) is 0 Å². The van der Waals surface area contributed by atoms with Gasteiger partial charge in [0.15, 0.2) is 0 Å². The molecule has 0 fully saturated rings. The highest BCUT2D eigenvalue weighted by Gasteiger charge is 2.37. The maximum atomic E-state index is 5.56.